The van der Waals surface area contributed by atoms with Crippen LogP contribution in [0.15, 0.2) is 18.2 Å². The van der Waals surface area contributed by atoms with Gasteiger partial charge in [0.25, 0.3) is 0 Å². The van der Waals surface area contributed by atoms with Crippen LogP contribution in [0.5, 0.6) is 0 Å². The van der Waals surface area contributed by atoms with E-state index in [2.05, 4.69) is 28.8 Å². The van der Waals surface area contributed by atoms with Crippen molar-refractivity contribution in [2.45, 2.75) is 31.3 Å². The highest BCUT2D eigenvalue weighted by atomic mass is 16.4. The van der Waals surface area contributed by atoms with Gasteiger partial charge in [-0.15, -0.1) is 0 Å². The maximum absolute atomic E-state index is 11.3. The van der Waals surface area contributed by atoms with Crippen molar-refractivity contribution in [1.29, 1.82) is 0 Å². The zero-order valence-electron chi connectivity index (χ0n) is 12.0. The van der Waals surface area contributed by atoms with E-state index in [1.54, 1.807) is 0 Å². The van der Waals surface area contributed by atoms with Crippen LogP contribution in [0.1, 0.15) is 29.0 Å². The summed E-state index contributed by atoms with van der Waals surface area (Å²) in [6.45, 7) is 2.46. The molecule has 0 aliphatic carbocycles. The number of carboxylic acid groups (broad SMARTS) is 1. The Labute approximate surface area is 124 Å². The van der Waals surface area contributed by atoms with Gasteiger partial charge in [-0.25, -0.2) is 0 Å². The molecule has 21 heavy (non-hydrogen) atoms. The van der Waals surface area contributed by atoms with Crippen molar-refractivity contribution in [3.05, 3.63) is 34.9 Å². The Bertz CT molecular complexity index is 532. The first kappa shape index (κ1) is 14.5. The number of piperidine rings is 1. The minimum absolute atomic E-state index is 0.101. The number of nitrogens with one attached hydrogen (secondary N) is 2. The van der Waals surface area contributed by atoms with Crippen molar-refractivity contribution in [3.63, 3.8) is 0 Å². The fourth-order valence-corrected chi connectivity index (χ4v) is 3.64. The highest BCUT2D eigenvalue weighted by Crippen LogP contribution is 2.34. The second-order valence-electron chi connectivity index (χ2n) is 5.97. The summed E-state index contributed by atoms with van der Waals surface area (Å²) in [5, 5.41) is 25.4. The number of carbonyl (C=O) groups is 1. The highest BCUT2D eigenvalue weighted by molar-refractivity contribution is 5.74. The number of rotatable bonds is 3. The molecular weight excluding hydrogens is 268 g/mol. The van der Waals surface area contributed by atoms with Crippen LogP contribution in [0.2, 0.25) is 0 Å². The molecule has 5 nitrogen and oxygen atoms in total. The Balaban J connectivity index is 1.89. The molecule has 0 saturated carbocycles. The maximum atomic E-state index is 11.3. The SMILES string of the molecule is O=C(O)C1NCCC(c2ccc3c(c2)CNCC3)C1CO. The Morgan fingerprint density at radius 2 is 2.14 bits per heavy atom. The maximum Gasteiger partial charge on any atom is 0.321 e. The first-order chi connectivity index (χ1) is 10.2. The predicted molar refractivity (Wildman–Crippen MR) is 79.2 cm³/mol. The molecule has 1 saturated heterocycles. The van der Waals surface area contributed by atoms with Gasteiger partial charge in [-0.05, 0) is 48.5 Å². The molecule has 0 aromatic heterocycles. The molecule has 5 heteroatoms. The van der Waals surface area contributed by atoms with E-state index in [4.69, 9.17) is 0 Å². The van der Waals surface area contributed by atoms with Gasteiger partial charge >= 0.3 is 5.97 Å². The molecule has 2 aliphatic rings. The van der Waals surface area contributed by atoms with Crippen LogP contribution in [0.4, 0.5) is 0 Å². The zero-order valence-corrected chi connectivity index (χ0v) is 12.0. The van der Waals surface area contributed by atoms with Gasteiger partial charge in [-0.2, -0.15) is 0 Å². The van der Waals surface area contributed by atoms with E-state index in [0.717, 1.165) is 31.5 Å². The largest absolute Gasteiger partial charge is 0.480 e. The lowest BCUT2D eigenvalue weighted by molar-refractivity contribution is -0.142. The zero-order chi connectivity index (χ0) is 14.8. The Morgan fingerprint density at radius 1 is 1.29 bits per heavy atom. The first-order valence-electron chi connectivity index (χ1n) is 7.60. The summed E-state index contributed by atoms with van der Waals surface area (Å²) in [5.41, 5.74) is 3.84. The molecule has 1 aromatic carbocycles. The summed E-state index contributed by atoms with van der Waals surface area (Å²) < 4.78 is 0. The van der Waals surface area contributed by atoms with E-state index in [9.17, 15) is 15.0 Å². The Kier molecular flexibility index (Phi) is 4.24. The van der Waals surface area contributed by atoms with Crippen molar-refractivity contribution in [2.24, 2.45) is 5.92 Å². The molecule has 3 atom stereocenters. The van der Waals surface area contributed by atoms with E-state index < -0.39 is 12.0 Å². The van der Waals surface area contributed by atoms with Gasteiger partial charge in [0.05, 0.1) is 0 Å². The van der Waals surface area contributed by atoms with Crippen LogP contribution in [0.25, 0.3) is 0 Å². The van der Waals surface area contributed by atoms with Crippen LogP contribution < -0.4 is 10.6 Å². The lowest BCUT2D eigenvalue weighted by Gasteiger charge is -2.36. The number of hydrogen-bond donors (Lipinski definition) is 4. The van der Waals surface area contributed by atoms with Gasteiger partial charge < -0.3 is 20.8 Å². The lowest BCUT2D eigenvalue weighted by Crippen LogP contribution is -2.51. The molecule has 0 amide bonds. The molecule has 0 bridgehead atoms. The summed E-state index contributed by atoms with van der Waals surface area (Å²) in [6, 6.07) is 5.81. The monoisotopic (exact) mass is 290 g/mol. The molecule has 1 aromatic rings. The van der Waals surface area contributed by atoms with E-state index in [-0.39, 0.29) is 18.4 Å². The van der Waals surface area contributed by atoms with Crippen molar-refractivity contribution in [1.82, 2.24) is 10.6 Å². The third-order valence-corrected chi connectivity index (χ3v) is 4.79. The second kappa shape index (κ2) is 6.13. The van der Waals surface area contributed by atoms with E-state index in [1.807, 2.05) is 0 Å². The van der Waals surface area contributed by atoms with E-state index in [1.165, 1.54) is 11.1 Å². The quantitative estimate of drug-likeness (QED) is 0.651. The number of aliphatic carboxylic acids is 1. The van der Waals surface area contributed by atoms with Crippen LogP contribution >= 0.6 is 0 Å². The third kappa shape index (κ3) is 2.81. The third-order valence-electron chi connectivity index (χ3n) is 4.79. The van der Waals surface area contributed by atoms with Crippen LogP contribution in [0, 0.1) is 5.92 Å². The second-order valence-corrected chi connectivity index (χ2v) is 5.97. The number of hydrogen-bond acceptors (Lipinski definition) is 4. The fourth-order valence-electron chi connectivity index (χ4n) is 3.64. The predicted octanol–water partition coefficient (Wildman–Crippen LogP) is 0.471. The van der Waals surface area contributed by atoms with Crippen LogP contribution in [-0.4, -0.2) is 41.9 Å². The molecule has 3 rings (SSSR count). The molecule has 4 N–H and O–H groups in total. The standard InChI is InChI=1S/C16H22N2O3/c19-9-14-13(4-6-18-15(14)16(20)21)11-2-1-10-3-5-17-8-12(10)7-11/h1-2,7,13-15,17-19H,3-6,8-9H2,(H,20,21). The number of aliphatic hydroxyl groups excluding tert-OH is 1. The molecule has 0 spiro atoms. The van der Waals surface area contributed by atoms with Crippen molar-refractivity contribution in [3.8, 4) is 0 Å². The van der Waals surface area contributed by atoms with Crippen LogP contribution in [-0.2, 0) is 17.8 Å². The van der Waals surface area contributed by atoms with E-state index in [0.29, 0.717) is 6.54 Å². The van der Waals surface area contributed by atoms with Gasteiger partial charge in [-0.1, -0.05) is 18.2 Å². The first-order valence-corrected chi connectivity index (χ1v) is 7.60. The normalized spacial score (nSPS) is 28.9. The molecule has 1 fully saturated rings. The summed E-state index contributed by atoms with van der Waals surface area (Å²) in [7, 11) is 0. The summed E-state index contributed by atoms with van der Waals surface area (Å²) >= 11 is 0. The molecule has 2 heterocycles. The van der Waals surface area contributed by atoms with Crippen molar-refractivity contribution < 1.29 is 15.0 Å². The number of carboxylic acids is 1. The highest BCUT2D eigenvalue weighted by Gasteiger charge is 2.37. The topological polar surface area (TPSA) is 81.6 Å². The Hall–Kier alpha value is -1.43. The molecular formula is C16H22N2O3. The van der Waals surface area contributed by atoms with E-state index >= 15 is 0 Å². The minimum atomic E-state index is -0.877. The molecule has 114 valence electrons. The van der Waals surface area contributed by atoms with Crippen molar-refractivity contribution in [2.75, 3.05) is 19.7 Å². The van der Waals surface area contributed by atoms with Gasteiger partial charge in [-0.3, -0.25) is 4.79 Å². The van der Waals surface area contributed by atoms with Gasteiger partial charge in [0.15, 0.2) is 0 Å². The summed E-state index contributed by atoms with van der Waals surface area (Å²) in [6.07, 6.45) is 1.91. The summed E-state index contributed by atoms with van der Waals surface area (Å²) in [4.78, 5) is 11.3. The minimum Gasteiger partial charge on any atom is -0.480 e. The lowest BCUT2D eigenvalue weighted by atomic mass is 9.76. The van der Waals surface area contributed by atoms with Gasteiger partial charge in [0, 0.05) is 19.1 Å². The molecule has 0 radical (unpaired) electrons. The van der Waals surface area contributed by atoms with Gasteiger partial charge in [0.1, 0.15) is 6.04 Å². The number of aliphatic hydroxyl groups is 1. The Morgan fingerprint density at radius 3 is 2.90 bits per heavy atom. The fraction of sp³-hybridized carbons (Fsp3) is 0.562. The number of benzene rings is 1. The van der Waals surface area contributed by atoms with Crippen molar-refractivity contribution >= 4 is 5.97 Å². The van der Waals surface area contributed by atoms with Gasteiger partial charge in [0.2, 0.25) is 0 Å². The summed E-state index contributed by atoms with van der Waals surface area (Å²) in [5.74, 6) is -1.05. The molecule has 3 unspecified atom stereocenters. The smallest absolute Gasteiger partial charge is 0.321 e. The number of fused-ring (bicyclic) bond motifs is 1. The molecule has 2 aliphatic heterocycles. The average molecular weight is 290 g/mol. The van der Waals surface area contributed by atoms with Crippen LogP contribution in [0.3, 0.4) is 0 Å². The average Bonchev–Trinajstić information content (AvgIpc) is 2.53.